The molecule has 0 saturated heterocycles. The second kappa shape index (κ2) is 8.31. The highest BCUT2D eigenvalue weighted by atomic mass is 32.1. The van der Waals surface area contributed by atoms with Crippen LogP contribution in [0.5, 0.6) is 0 Å². The van der Waals surface area contributed by atoms with Crippen molar-refractivity contribution in [1.82, 2.24) is 9.88 Å². The summed E-state index contributed by atoms with van der Waals surface area (Å²) < 4.78 is 0. The second-order valence-corrected chi connectivity index (χ2v) is 7.76. The zero-order valence-electron chi connectivity index (χ0n) is 16.0. The van der Waals surface area contributed by atoms with E-state index in [9.17, 15) is 14.9 Å². The van der Waals surface area contributed by atoms with Crippen LogP contribution in [0.4, 0.5) is 5.69 Å². The number of nitro benzene ring substituents is 1. The highest BCUT2D eigenvalue weighted by Gasteiger charge is 2.17. The molecule has 3 rings (SSSR count). The van der Waals surface area contributed by atoms with Crippen LogP contribution in [0.1, 0.15) is 41.4 Å². The first kappa shape index (κ1) is 19.7. The van der Waals surface area contributed by atoms with E-state index in [1.165, 1.54) is 33.9 Å². The van der Waals surface area contributed by atoms with Crippen molar-refractivity contribution in [2.45, 2.75) is 26.3 Å². The van der Waals surface area contributed by atoms with E-state index >= 15 is 0 Å². The number of hydrogen-bond acceptors (Lipinski definition) is 5. The normalized spacial score (nSPS) is 10.9. The smallest absolute Gasteiger partial charge is 0.273 e. The third kappa shape index (κ3) is 4.43. The maximum absolute atomic E-state index is 12.7. The minimum Gasteiger partial charge on any atom is -0.336 e. The van der Waals surface area contributed by atoms with Crippen LogP contribution >= 0.6 is 11.3 Å². The van der Waals surface area contributed by atoms with Gasteiger partial charge in [-0.15, -0.1) is 11.3 Å². The Morgan fingerprint density at radius 3 is 2.57 bits per heavy atom. The summed E-state index contributed by atoms with van der Waals surface area (Å²) in [5.74, 6) is 0.248. The van der Waals surface area contributed by atoms with Gasteiger partial charge in [0.1, 0.15) is 10.7 Å². The van der Waals surface area contributed by atoms with Gasteiger partial charge in [-0.1, -0.05) is 50.2 Å². The second-order valence-electron chi connectivity index (χ2n) is 6.90. The number of carbonyl (C=O) groups excluding carboxylic acids is 1. The molecular weight excluding hydrogens is 374 g/mol. The third-order valence-corrected chi connectivity index (χ3v) is 5.33. The van der Waals surface area contributed by atoms with E-state index in [2.05, 4.69) is 31.0 Å². The number of amides is 1. The van der Waals surface area contributed by atoms with Crippen LogP contribution in [0.25, 0.3) is 10.6 Å². The van der Waals surface area contributed by atoms with Gasteiger partial charge < -0.3 is 4.90 Å². The monoisotopic (exact) mass is 395 g/mol. The van der Waals surface area contributed by atoms with E-state index in [0.717, 1.165) is 10.6 Å². The molecule has 0 aliphatic heterocycles. The van der Waals surface area contributed by atoms with Crippen LogP contribution in [0.3, 0.4) is 0 Å². The molecule has 0 unspecified atom stereocenters. The highest BCUT2D eigenvalue weighted by Crippen LogP contribution is 2.26. The Bertz CT molecular complexity index is 996. The van der Waals surface area contributed by atoms with E-state index in [1.54, 1.807) is 24.6 Å². The number of rotatable bonds is 6. The number of nitrogens with zero attached hydrogens (tertiary/aromatic N) is 3. The van der Waals surface area contributed by atoms with Crippen molar-refractivity contribution >= 4 is 22.9 Å². The van der Waals surface area contributed by atoms with E-state index in [1.807, 2.05) is 12.1 Å². The summed E-state index contributed by atoms with van der Waals surface area (Å²) in [6.07, 6.45) is 0. The van der Waals surface area contributed by atoms with Gasteiger partial charge in [0.15, 0.2) is 0 Å². The van der Waals surface area contributed by atoms with Crippen molar-refractivity contribution in [1.29, 1.82) is 0 Å². The Labute approximate surface area is 167 Å². The minimum absolute atomic E-state index is 0.0131. The fourth-order valence-corrected chi connectivity index (χ4v) is 3.62. The minimum atomic E-state index is -0.442. The number of hydrogen-bond donors (Lipinski definition) is 0. The Kier molecular flexibility index (Phi) is 5.84. The number of aromatic nitrogens is 1. The van der Waals surface area contributed by atoms with Gasteiger partial charge in [0.25, 0.3) is 11.6 Å². The molecule has 0 N–H and O–H groups in total. The first-order chi connectivity index (χ1) is 13.3. The Hall–Kier alpha value is -3.06. The summed E-state index contributed by atoms with van der Waals surface area (Å²) >= 11 is 1.43. The van der Waals surface area contributed by atoms with Crippen molar-refractivity contribution < 1.29 is 9.72 Å². The molecule has 1 aromatic heterocycles. The zero-order valence-corrected chi connectivity index (χ0v) is 16.8. The summed E-state index contributed by atoms with van der Waals surface area (Å²) in [6.45, 7) is 4.56. The zero-order chi connectivity index (χ0) is 20.3. The molecule has 0 spiro atoms. The van der Waals surface area contributed by atoms with Crippen molar-refractivity contribution in [3.63, 3.8) is 0 Å². The first-order valence-corrected chi connectivity index (χ1v) is 9.77. The number of benzene rings is 2. The number of thiazole rings is 1. The molecule has 0 atom stereocenters. The Morgan fingerprint density at radius 2 is 1.93 bits per heavy atom. The van der Waals surface area contributed by atoms with Gasteiger partial charge >= 0.3 is 0 Å². The molecule has 28 heavy (non-hydrogen) atoms. The molecule has 0 aliphatic carbocycles. The molecule has 0 fully saturated rings. The van der Waals surface area contributed by atoms with Crippen molar-refractivity contribution in [3.05, 3.63) is 80.8 Å². The summed E-state index contributed by atoms with van der Waals surface area (Å²) in [6, 6.07) is 14.5. The number of nitro groups is 1. The molecule has 0 bridgehead atoms. The van der Waals surface area contributed by atoms with E-state index < -0.39 is 4.92 Å². The van der Waals surface area contributed by atoms with Gasteiger partial charge in [0.05, 0.1) is 4.92 Å². The molecule has 6 nitrogen and oxygen atoms in total. The van der Waals surface area contributed by atoms with Crippen molar-refractivity contribution in [2.75, 3.05) is 7.05 Å². The van der Waals surface area contributed by atoms with Gasteiger partial charge in [-0.25, -0.2) is 4.98 Å². The molecule has 0 saturated carbocycles. The quantitative estimate of drug-likeness (QED) is 0.429. The Balaban J connectivity index is 1.72. The molecule has 0 radical (unpaired) electrons. The average Bonchev–Trinajstić information content (AvgIpc) is 3.17. The molecule has 1 heterocycles. The molecule has 144 valence electrons. The summed E-state index contributed by atoms with van der Waals surface area (Å²) in [5, 5.41) is 13.4. The van der Waals surface area contributed by atoms with Crippen LogP contribution in [0, 0.1) is 10.1 Å². The molecule has 3 aromatic rings. The Morgan fingerprint density at radius 1 is 1.21 bits per heavy atom. The SMILES string of the molecule is CC(C)c1ccc(-c2nc(C(=O)N(C)Cc3cccc([N+](=O)[O-])c3)cs2)cc1. The van der Waals surface area contributed by atoms with Gasteiger partial charge in [0.2, 0.25) is 0 Å². The van der Waals surface area contributed by atoms with Crippen molar-refractivity contribution in [3.8, 4) is 10.6 Å². The maximum Gasteiger partial charge on any atom is 0.273 e. The maximum atomic E-state index is 12.7. The van der Waals surface area contributed by atoms with Gasteiger partial charge in [0, 0.05) is 36.7 Å². The molecular formula is C21H21N3O3S. The predicted octanol–water partition coefficient (Wildman–Crippen LogP) is 5.11. The van der Waals surface area contributed by atoms with E-state index in [0.29, 0.717) is 17.2 Å². The van der Waals surface area contributed by atoms with E-state index in [-0.39, 0.29) is 18.1 Å². The average molecular weight is 395 g/mol. The van der Waals surface area contributed by atoms with Crippen LogP contribution in [0.15, 0.2) is 53.9 Å². The molecule has 0 aliphatic rings. The summed E-state index contributed by atoms with van der Waals surface area (Å²) in [4.78, 5) is 29.2. The summed E-state index contributed by atoms with van der Waals surface area (Å²) in [7, 11) is 1.66. The first-order valence-electron chi connectivity index (χ1n) is 8.90. The fraction of sp³-hybridized carbons (Fsp3) is 0.238. The lowest BCUT2D eigenvalue weighted by molar-refractivity contribution is -0.384. The lowest BCUT2D eigenvalue weighted by Gasteiger charge is -2.15. The van der Waals surface area contributed by atoms with E-state index in [4.69, 9.17) is 0 Å². The van der Waals surface area contributed by atoms with Gasteiger partial charge in [-0.2, -0.15) is 0 Å². The molecule has 1 amide bonds. The molecule has 2 aromatic carbocycles. The van der Waals surface area contributed by atoms with Crippen LogP contribution in [-0.2, 0) is 6.54 Å². The lowest BCUT2D eigenvalue weighted by Crippen LogP contribution is -2.26. The third-order valence-electron chi connectivity index (χ3n) is 4.44. The lowest BCUT2D eigenvalue weighted by atomic mass is 10.0. The van der Waals surface area contributed by atoms with Crippen LogP contribution in [0.2, 0.25) is 0 Å². The van der Waals surface area contributed by atoms with Gasteiger partial charge in [-0.3, -0.25) is 14.9 Å². The largest absolute Gasteiger partial charge is 0.336 e. The fourth-order valence-electron chi connectivity index (χ4n) is 2.82. The number of carbonyl (C=O) groups is 1. The standard InChI is InChI=1S/C21H21N3O3S/c1-14(2)16-7-9-17(10-8-16)20-22-19(13-28-20)21(25)23(3)12-15-5-4-6-18(11-15)24(26)27/h4-11,13-14H,12H2,1-3H3. The summed E-state index contributed by atoms with van der Waals surface area (Å²) in [5.41, 5.74) is 3.33. The number of non-ortho nitro benzene ring substituents is 1. The van der Waals surface area contributed by atoms with Gasteiger partial charge in [-0.05, 0) is 17.0 Å². The van der Waals surface area contributed by atoms with Crippen LogP contribution in [-0.4, -0.2) is 27.8 Å². The highest BCUT2D eigenvalue weighted by molar-refractivity contribution is 7.13. The van der Waals surface area contributed by atoms with Crippen LogP contribution < -0.4 is 0 Å². The topological polar surface area (TPSA) is 76.3 Å². The molecule has 7 heteroatoms. The van der Waals surface area contributed by atoms with Crippen molar-refractivity contribution in [2.24, 2.45) is 0 Å². The predicted molar refractivity (Wildman–Crippen MR) is 111 cm³/mol.